The lowest BCUT2D eigenvalue weighted by Gasteiger charge is -2.30. The molecule has 0 bridgehead atoms. The minimum atomic E-state index is -0.00208. The second kappa shape index (κ2) is 7.41. The number of imidazole rings is 1. The number of likely N-dealkylation sites (tertiary alicyclic amines) is 1. The smallest absolute Gasteiger partial charge is 0.274 e. The largest absolute Gasteiger partial charge is 0.378 e. The highest BCUT2D eigenvalue weighted by atomic mass is 16.5. The number of carbonyl (C=O) groups excluding carboxylic acids is 1. The third-order valence-electron chi connectivity index (χ3n) is 4.98. The van der Waals surface area contributed by atoms with Gasteiger partial charge >= 0.3 is 0 Å². The molecule has 26 heavy (non-hydrogen) atoms. The van der Waals surface area contributed by atoms with Crippen molar-refractivity contribution in [2.45, 2.75) is 19.8 Å². The molecule has 2 aliphatic heterocycles. The predicted octanol–water partition coefficient (Wildman–Crippen LogP) is 1.37. The van der Waals surface area contributed by atoms with E-state index in [2.05, 4.69) is 26.8 Å². The maximum atomic E-state index is 12.7. The van der Waals surface area contributed by atoms with E-state index in [1.165, 1.54) is 6.42 Å². The first-order chi connectivity index (χ1) is 12.7. The Bertz CT molecular complexity index is 771. The Kier molecular flexibility index (Phi) is 4.83. The second-order valence-electron chi connectivity index (χ2n) is 7.00. The topological polar surface area (TPSA) is 76.4 Å². The normalized spacial score (nSPS) is 21.0. The molecule has 1 amide bonds. The summed E-state index contributed by atoms with van der Waals surface area (Å²) in [6.07, 6.45) is 7.19. The van der Waals surface area contributed by atoms with Crippen molar-refractivity contribution >= 4 is 11.7 Å². The molecule has 2 aromatic rings. The van der Waals surface area contributed by atoms with Gasteiger partial charge in [0.05, 0.1) is 13.2 Å². The maximum Gasteiger partial charge on any atom is 0.274 e. The molecule has 4 rings (SSSR count). The van der Waals surface area contributed by atoms with Crippen LogP contribution in [0.4, 0.5) is 5.82 Å². The van der Waals surface area contributed by atoms with E-state index >= 15 is 0 Å². The lowest BCUT2D eigenvalue weighted by atomic mass is 10.0. The van der Waals surface area contributed by atoms with Gasteiger partial charge in [-0.1, -0.05) is 6.92 Å². The van der Waals surface area contributed by atoms with Crippen LogP contribution in [0.3, 0.4) is 0 Å². The molecule has 8 heteroatoms. The zero-order valence-electron chi connectivity index (χ0n) is 15.0. The van der Waals surface area contributed by atoms with Crippen molar-refractivity contribution in [3.8, 4) is 5.82 Å². The monoisotopic (exact) mass is 356 g/mol. The zero-order chi connectivity index (χ0) is 17.9. The summed E-state index contributed by atoms with van der Waals surface area (Å²) in [5.74, 6) is 2.12. The summed E-state index contributed by atoms with van der Waals surface area (Å²) < 4.78 is 7.17. The van der Waals surface area contributed by atoms with Crippen LogP contribution in [0.2, 0.25) is 0 Å². The van der Waals surface area contributed by atoms with E-state index in [4.69, 9.17) is 4.74 Å². The van der Waals surface area contributed by atoms with Crippen molar-refractivity contribution in [3.63, 3.8) is 0 Å². The van der Waals surface area contributed by atoms with E-state index in [9.17, 15) is 4.79 Å². The summed E-state index contributed by atoms with van der Waals surface area (Å²) in [5.41, 5.74) is 0.464. The number of carbonyl (C=O) groups is 1. The van der Waals surface area contributed by atoms with Crippen molar-refractivity contribution in [1.29, 1.82) is 0 Å². The quantitative estimate of drug-likeness (QED) is 0.827. The Hall–Kier alpha value is -2.48. The van der Waals surface area contributed by atoms with Crippen LogP contribution in [-0.4, -0.2) is 69.7 Å². The number of nitrogens with zero attached hydrogens (tertiary/aromatic N) is 6. The first-order valence-electron chi connectivity index (χ1n) is 9.19. The fourth-order valence-electron chi connectivity index (χ4n) is 3.54. The Morgan fingerprint density at radius 3 is 2.77 bits per heavy atom. The van der Waals surface area contributed by atoms with E-state index in [0.29, 0.717) is 30.6 Å². The van der Waals surface area contributed by atoms with E-state index in [-0.39, 0.29) is 5.91 Å². The summed E-state index contributed by atoms with van der Waals surface area (Å²) in [6, 6.07) is 1.92. The first kappa shape index (κ1) is 17.0. The SMILES string of the molecule is CC1CCCN(C(=O)c2cn(-c3cc(N4CCOCC4)ncn3)cn2)C1. The molecule has 4 heterocycles. The summed E-state index contributed by atoms with van der Waals surface area (Å²) in [4.78, 5) is 29.8. The van der Waals surface area contributed by atoms with Crippen molar-refractivity contribution < 1.29 is 9.53 Å². The number of hydrogen-bond donors (Lipinski definition) is 0. The number of hydrogen-bond acceptors (Lipinski definition) is 6. The maximum absolute atomic E-state index is 12.7. The summed E-state index contributed by atoms with van der Waals surface area (Å²) in [7, 11) is 0. The number of aromatic nitrogens is 4. The van der Waals surface area contributed by atoms with E-state index in [0.717, 1.165) is 38.4 Å². The number of anilines is 1. The molecule has 138 valence electrons. The number of amides is 1. The van der Waals surface area contributed by atoms with Crippen LogP contribution in [0.25, 0.3) is 5.82 Å². The van der Waals surface area contributed by atoms with Crippen LogP contribution in [0.1, 0.15) is 30.3 Å². The van der Waals surface area contributed by atoms with Gasteiger partial charge < -0.3 is 14.5 Å². The van der Waals surface area contributed by atoms with Gasteiger partial charge in [-0.25, -0.2) is 15.0 Å². The molecule has 0 radical (unpaired) electrons. The van der Waals surface area contributed by atoms with Crippen molar-refractivity contribution in [2.75, 3.05) is 44.3 Å². The molecule has 1 unspecified atom stereocenters. The standard InChI is InChI=1S/C18H24N6O2/c1-14-3-2-4-23(10-14)18(25)15-11-24(13-21-15)17-9-16(19-12-20-17)22-5-7-26-8-6-22/h9,11-14H,2-8,10H2,1H3. The third-order valence-corrected chi connectivity index (χ3v) is 4.98. The highest BCUT2D eigenvalue weighted by Crippen LogP contribution is 2.19. The Labute approximate surface area is 152 Å². The van der Waals surface area contributed by atoms with Crippen LogP contribution < -0.4 is 4.90 Å². The van der Waals surface area contributed by atoms with Gasteiger partial charge in [0.15, 0.2) is 0 Å². The molecule has 0 aliphatic carbocycles. The van der Waals surface area contributed by atoms with Gasteiger partial charge in [0, 0.05) is 38.4 Å². The van der Waals surface area contributed by atoms with Crippen LogP contribution in [-0.2, 0) is 4.74 Å². The predicted molar refractivity (Wildman–Crippen MR) is 96.5 cm³/mol. The van der Waals surface area contributed by atoms with Gasteiger partial charge in [0.1, 0.15) is 30.0 Å². The van der Waals surface area contributed by atoms with Gasteiger partial charge in [-0.3, -0.25) is 9.36 Å². The number of piperidine rings is 1. The van der Waals surface area contributed by atoms with Crippen LogP contribution in [0.5, 0.6) is 0 Å². The van der Waals surface area contributed by atoms with Crippen LogP contribution in [0, 0.1) is 5.92 Å². The second-order valence-corrected chi connectivity index (χ2v) is 7.00. The summed E-state index contributed by atoms with van der Waals surface area (Å²) in [6.45, 7) is 6.85. The van der Waals surface area contributed by atoms with Crippen molar-refractivity contribution in [1.82, 2.24) is 24.4 Å². The minimum Gasteiger partial charge on any atom is -0.378 e. The Morgan fingerprint density at radius 1 is 1.15 bits per heavy atom. The van der Waals surface area contributed by atoms with Gasteiger partial charge in [-0.05, 0) is 18.8 Å². The summed E-state index contributed by atoms with van der Waals surface area (Å²) >= 11 is 0. The Balaban J connectivity index is 1.51. The molecule has 1 atom stereocenters. The lowest BCUT2D eigenvalue weighted by Crippen LogP contribution is -2.39. The lowest BCUT2D eigenvalue weighted by molar-refractivity contribution is 0.0677. The van der Waals surface area contributed by atoms with Gasteiger partial charge in [0.25, 0.3) is 5.91 Å². The molecule has 8 nitrogen and oxygen atoms in total. The number of morpholine rings is 1. The molecular weight excluding hydrogens is 332 g/mol. The highest BCUT2D eigenvalue weighted by Gasteiger charge is 2.24. The molecule has 2 aromatic heterocycles. The molecule has 0 saturated carbocycles. The fourth-order valence-corrected chi connectivity index (χ4v) is 3.54. The molecule has 0 aromatic carbocycles. The average molecular weight is 356 g/mol. The van der Waals surface area contributed by atoms with E-state index in [1.807, 2.05) is 11.0 Å². The molecular formula is C18H24N6O2. The van der Waals surface area contributed by atoms with Gasteiger partial charge in [-0.15, -0.1) is 0 Å². The molecule has 0 spiro atoms. The van der Waals surface area contributed by atoms with Crippen molar-refractivity contribution in [3.05, 3.63) is 30.6 Å². The van der Waals surface area contributed by atoms with Gasteiger partial charge in [-0.2, -0.15) is 0 Å². The van der Waals surface area contributed by atoms with Crippen LogP contribution >= 0.6 is 0 Å². The van der Waals surface area contributed by atoms with E-state index < -0.39 is 0 Å². The zero-order valence-corrected chi connectivity index (χ0v) is 15.0. The number of rotatable bonds is 3. The van der Waals surface area contributed by atoms with Crippen LogP contribution in [0.15, 0.2) is 24.9 Å². The highest BCUT2D eigenvalue weighted by molar-refractivity contribution is 5.92. The third kappa shape index (κ3) is 3.55. The van der Waals surface area contributed by atoms with Gasteiger partial charge in [0.2, 0.25) is 0 Å². The molecule has 0 N–H and O–H groups in total. The Morgan fingerprint density at radius 2 is 1.96 bits per heavy atom. The average Bonchev–Trinajstić information content (AvgIpc) is 3.18. The van der Waals surface area contributed by atoms with Crippen molar-refractivity contribution in [2.24, 2.45) is 5.92 Å². The molecule has 2 saturated heterocycles. The molecule has 2 aliphatic rings. The minimum absolute atomic E-state index is 0.00208. The fraction of sp³-hybridized carbons (Fsp3) is 0.556. The number of ether oxygens (including phenoxy) is 1. The summed E-state index contributed by atoms with van der Waals surface area (Å²) in [5, 5.41) is 0. The first-order valence-corrected chi connectivity index (χ1v) is 9.19. The van der Waals surface area contributed by atoms with E-state index in [1.54, 1.807) is 23.4 Å². The molecule has 2 fully saturated rings.